The molecule has 108 valence electrons. The summed E-state index contributed by atoms with van der Waals surface area (Å²) >= 11 is 0. The lowest BCUT2D eigenvalue weighted by atomic mass is 10.1. The van der Waals surface area contributed by atoms with Crippen LogP contribution in [0.5, 0.6) is 5.75 Å². The third kappa shape index (κ3) is 3.79. The van der Waals surface area contributed by atoms with Crippen LogP contribution in [-0.4, -0.2) is 27.9 Å². The van der Waals surface area contributed by atoms with Crippen LogP contribution in [0.4, 0.5) is 0 Å². The molecule has 0 bridgehead atoms. The van der Waals surface area contributed by atoms with Gasteiger partial charge < -0.3 is 9.84 Å². The van der Waals surface area contributed by atoms with E-state index in [0.717, 1.165) is 11.6 Å². The van der Waals surface area contributed by atoms with Crippen LogP contribution >= 0.6 is 0 Å². The monoisotopic (exact) mass is 286 g/mol. The van der Waals surface area contributed by atoms with Crippen molar-refractivity contribution < 1.29 is 14.6 Å². The summed E-state index contributed by atoms with van der Waals surface area (Å²) in [6.07, 6.45) is 2.14. The minimum atomic E-state index is -1.12. The Balaban J connectivity index is 2.40. The Bertz CT molecular complexity index is 734. The van der Waals surface area contributed by atoms with Gasteiger partial charge >= 0.3 is 5.97 Å². The van der Waals surface area contributed by atoms with Crippen molar-refractivity contribution in [3.8, 4) is 17.0 Å². The van der Waals surface area contributed by atoms with Crippen LogP contribution in [0.25, 0.3) is 17.3 Å². The first kappa shape index (κ1) is 14.5. The van der Waals surface area contributed by atoms with E-state index in [-0.39, 0.29) is 5.56 Å². The summed E-state index contributed by atoms with van der Waals surface area (Å²) in [5.74, 6) is -0.420. The van der Waals surface area contributed by atoms with Gasteiger partial charge in [-0.1, -0.05) is 12.1 Å². The van der Waals surface area contributed by atoms with Crippen molar-refractivity contribution in [2.45, 2.75) is 6.92 Å². The van der Waals surface area contributed by atoms with Gasteiger partial charge in [0.25, 0.3) is 5.56 Å². The SMILES string of the molecule is CCOc1cccc(-c2cc(/C=C/C(=O)O)c(=O)[nH]n2)c1. The molecule has 2 aromatic rings. The maximum atomic E-state index is 11.6. The van der Waals surface area contributed by atoms with Crippen molar-refractivity contribution >= 4 is 12.0 Å². The van der Waals surface area contributed by atoms with Crippen molar-refractivity contribution in [1.82, 2.24) is 10.2 Å². The van der Waals surface area contributed by atoms with E-state index in [4.69, 9.17) is 9.84 Å². The maximum absolute atomic E-state index is 11.6. The van der Waals surface area contributed by atoms with E-state index in [0.29, 0.717) is 18.1 Å². The van der Waals surface area contributed by atoms with Gasteiger partial charge in [0.2, 0.25) is 0 Å². The number of carbonyl (C=O) groups is 1. The van der Waals surface area contributed by atoms with Gasteiger partial charge in [0.05, 0.1) is 12.3 Å². The molecule has 0 aliphatic heterocycles. The summed E-state index contributed by atoms with van der Waals surface area (Å²) < 4.78 is 5.41. The minimum absolute atomic E-state index is 0.226. The van der Waals surface area contributed by atoms with E-state index in [9.17, 15) is 9.59 Å². The quantitative estimate of drug-likeness (QED) is 0.819. The van der Waals surface area contributed by atoms with Crippen molar-refractivity contribution in [2.24, 2.45) is 0 Å². The fourth-order valence-corrected chi connectivity index (χ4v) is 1.77. The number of benzene rings is 1. The second kappa shape index (κ2) is 6.51. The molecule has 6 heteroatoms. The van der Waals surface area contributed by atoms with Crippen molar-refractivity contribution in [3.05, 3.63) is 52.3 Å². The number of rotatable bonds is 5. The summed E-state index contributed by atoms with van der Waals surface area (Å²) in [6.45, 7) is 2.44. The first-order valence-corrected chi connectivity index (χ1v) is 6.34. The average molecular weight is 286 g/mol. The first-order valence-electron chi connectivity index (χ1n) is 6.34. The molecule has 6 nitrogen and oxygen atoms in total. The van der Waals surface area contributed by atoms with Gasteiger partial charge in [0.15, 0.2) is 0 Å². The molecular formula is C15H14N2O4. The van der Waals surface area contributed by atoms with Crippen LogP contribution in [0, 0.1) is 0 Å². The molecule has 0 aliphatic carbocycles. The number of aliphatic carboxylic acids is 1. The second-order valence-corrected chi connectivity index (χ2v) is 4.17. The van der Waals surface area contributed by atoms with E-state index in [2.05, 4.69) is 10.2 Å². The van der Waals surface area contributed by atoms with E-state index >= 15 is 0 Å². The number of aromatic amines is 1. The number of ether oxygens (including phenoxy) is 1. The van der Waals surface area contributed by atoms with Crippen molar-refractivity contribution in [3.63, 3.8) is 0 Å². The smallest absolute Gasteiger partial charge is 0.328 e. The maximum Gasteiger partial charge on any atom is 0.328 e. The molecule has 0 fully saturated rings. The Hall–Kier alpha value is -2.89. The Kier molecular flexibility index (Phi) is 4.50. The van der Waals surface area contributed by atoms with Crippen molar-refractivity contribution in [2.75, 3.05) is 6.61 Å². The Morgan fingerprint density at radius 3 is 2.95 bits per heavy atom. The zero-order chi connectivity index (χ0) is 15.2. The van der Waals surface area contributed by atoms with Gasteiger partial charge in [-0.3, -0.25) is 4.79 Å². The van der Waals surface area contributed by atoms with Crippen LogP contribution in [0.15, 0.2) is 41.2 Å². The van der Waals surface area contributed by atoms with Gasteiger partial charge in [0, 0.05) is 17.2 Å². The van der Waals surface area contributed by atoms with Crippen molar-refractivity contribution in [1.29, 1.82) is 0 Å². The Labute approximate surface area is 120 Å². The number of hydrogen-bond acceptors (Lipinski definition) is 4. The fourth-order valence-electron chi connectivity index (χ4n) is 1.77. The number of H-pyrrole nitrogens is 1. The van der Waals surface area contributed by atoms with E-state index in [1.807, 2.05) is 25.1 Å². The van der Waals surface area contributed by atoms with Gasteiger partial charge in [-0.25, -0.2) is 9.89 Å². The minimum Gasteiger partial charge on any atom is -0.494 e. The van der Waals surface area contributed by atoms with Gasteiger partial charge in [0.1, 0.15) is 5.75 Å². The normalized spacial score (nSPS) is 10.7. The van der Waals surface area contributed by atoms with Crippen LogP contribution in [-0.2, 0) is 4.79 Å². The lowest BCUT2D eigenvalue weighted by molar-refractivity contribution is -0.131. The third-order valence-corrected chi connectivity index (χ3v) is 2.68. The Morgan fingerprint density at radius 1 is 1.43 bits per heavy atom. The summed E-state index contributed by atoms with van der Waals surface area (Å²) in [5.41, 5.74) is 1.07. The molecule has 0 saturated heterocycles. The molecule has 1 aromatic heterocycles. The van der Waals surface area contributed by atoms with Crippen LogP contribution in [0.1, 0.15) is 12.5 Å². The molecule has 1 heterocycles. The molecule has 0 spiro atoms. The highest BCUT2D eigenvalue weighted by Gasteiger charge is 2.05. The molecule has 0 aliphatic rings. The highest BCUT2D eigenvalue weighted by Crippen LogP contribution is 2.22. The zero-order valence-electron chi connectivity index (χ0n) is 11.4. The molecule has 0 unspecified atom stereocenters. The highest BCUT2D eigenvalue weighted by atomic mass is 16.5. The van der Waals surface area contributed by atoms with Crippen LogP contribution in [0.3, 0.4) is 0 Å². The molecule has 0 saturated carbocycles. The van der Waals surface area contributed by atoms with Gasteiger partial charge in [-0.2, -0.15) is 5.10 Å². The molecule has 0 atom stereocenters. The van der Waals surface area contributed by atoms with E-state index < -0.39 is 11.5 Å². The summed E-state index contributed by atoms with van der Waals surface area (Å²) in [4.78, 5) is 22.1. The summed E-state index contributed by atoms with van der Waals surface area (Å²) in [6, 6.07) is 8.80. The average Bonchev–Trinajstić information content (AvgIpc) is 2.47. The molecule has 2 N–H and O–H groups in total. The summed E-state index contributed by atoms with van der Waals surface area (Å²) in [5, 5.41) is 14.9. The van der Waals surface area contributed by atoms with Crippen LogP contribution < -0.4 is 10.3 Å². The number of hydrogen-bond donors (Lipinski definition) is 2. The van der Waals surface area contributed by atoms with Crippen LogP contribution in [0.2, 0.25) is 0 Å². The second-order valence-electron chi connectivity index (χ2n) is 4.17. The predicted octanol–water partition coefficient (Wildman–Crippen LogP) is 1.93. The van der Waals surface area contributed by atoms with E-state index in [1.165, 1.54) is 12.1 Å². The zero-order valence-corrected chi connectivity index (χ0v) is 11.4. The fraction of sp³-hybridized carbons (Fsp3) is 0.133. The summed E-state index contributed by atoms with van der Waals surface area (Å²) in [7, 11) is 0. The lowest BCUT2D eigenvalue weighted by Crippen LogP contribution is -2.11. The predicted molar refractivity (Wildman–Crippen MR) is 78.1 cm³/mol. The Morgan fingerprint density at radius 2 is 2.24 bits per heavy atom. The molecular weight excluding hydrogens is 272 g/mol. The standard InChI is InChI=1S/C15H14N2O4/c1-2-21-12-5-3-4-10(8-12)13-9-11(6-7-14(18)19)15(20)17-16-13/h3-9H,2H2,1H3,(H,17,20)(H,18,19)/b7-6+. The molecule has 0 amide bonds. The number of carboxylic acid groups (broad SMARTS) is 1. The topological polar surface area (TPSA) is 92.3 Å². The molecule has 21 heavy (non-hydrogen) atoms. The van der Waals surface area contributed by atoms with E-state index in [1.54, 1.807) is 6.07 Å². The van der Waals surface area contributed by atoms with Gasteiger partial charge in [-0.05, 0) is 31.2 Å². The molecule has 1 aromatic carbocycles. The third-order valence-electron chi connectivity index (χ3n) is 2.68. The lowest BCUT2D eigenvalue weighted by Gasteiger charge is -2.05. The van der Waals surface area contributed by atoms with Gasteiger partial charge in [-0.15, -0.1) is 0 Å². The largest absolute Gasteiger partial charge is 0.494 e. The number of carboxylic acids is 1. The first-order chi connectivity index (χ1) is 10.1. The number of aromatic nitrogens is 2. The highest BCUT2D eigenvalue weighted by molar-refractivity contribution is 5.85. The molecule has 0 radical (unpaired) electrons. The number of nitrogens with zero attached hydrogens (tertiary/aromatic N) is 1. The number of nitrogens with one attached hydrogen (secondary N) is 1. The molecule has 2 rings (SSSR count).